The zero-order valence-corrected chi connectivity index (χ0v) is 26.6. The predicted octanol–water partition coefficient (Wildman–Crippen LogP) is 5.82. The number of nitriles is 1. The van der Waals surface area contributed by atoms with Gasteiger partial charge in [0.2, 0.25) is 0 Å². The average Bonchev–Trinajstić information content (AvgIpc) is 2.78. The number of rotatable bonds is 9. The first kappa shape index (κ1) is 31.0. The molecule has 3 N–H and O–H groups in total. The van der Waals surface area contributed by atoms with Crippen LogP contribution in [0.2, 0.25) is 18.1 Å². The maximum atomic E-state index is 16.6. The van der Waals surface area contributed by atoms with E-state index < -0.39 is 45.0 Å². The SMILES string of the molecule is CC[Si](CC)(CC)c1cc(Br)nc([C@](C)(CS2(O)NCCC[C@@]2(C)C#N)N[S+]([O-])C(C)(C)C)c1F. The Hall–Kier alpha value is -0.193. The Kier molecular flexibility index (Phi) is 10.00. The van der Waals surface area contributed by atoms with Gasteiger partial charge in [-0.1, -0.05) is 49.4 Å². The Morgan fingerprint density at radius 3 is 2.40 bits per heavy atom. The van der Waals surface area contributed by atoms with Gasteiger partial charge < -0.3 is 9.11 Å². The van der Waals surface area contributed by atoms with Crippen LogP contribution in [0.3, 0.4) is 0 Å². The highest BCUT2D eigenvalue weighted by molar-refractivity contribution is 9.10. The first-order chi connectivity index (χ1) is 16.1. The van der Waals surface area contributed by atoms with Crippen molar-refractivity contribution in [3.8, 4) is 6.07 Å². The van der Waals surface area contributed by atoms with Crippen molar-refractivity contribution in [3.05, 3.63) is 22.2 Å². The second-order valence-corrected chi connectivity index (χ2v) is 21.9. The van der Waals surface area contributed by atoms with Crippen molar-refractivity contribution in [1.82, 2.24) is 14.4 Å². The average molecular weight is 610 g/mol. The molecule has 4 atom stereocenters. The van der Waals surface area contributed by atoms with Gasteiger partial charge in [-0.15, -0.1) is 4.72 Å². The molecule has 1 saturated heterocycles. The standard InChI is InChI=1S/C24H42BrFN4O2S2Si/c1-9-35(10-2,11-3)18-15-19(25)29-21(20(18)26)24(8,30-33(31)22(4,5)6)17-34(32)23(7,16-27)13-12-14-28-34/h15,28,30,32H,9-14,17H2,1-8H3/t23-,24-,33?/m0/s1. The normalized spacial score (nSPS) is 28.0. The molecular formula is C24H42BrFN4O2S2Si. The van der Waals surface area contributed by atoms with Gasteiger partial charge in [-0.2, -0.15) is 5.26 Å². The smallest absolute Gasteiger partial charge is 0.146 e. The van der Waals surface area contributed by atoms with Crippen LogP contribution >= 0.6 is 26.4 Å². The van der Waals surface area contributed by atoms with Crippen molar-refractivity contribution >= 4 is 51.0 Å². The summed E-state index contributed by atoms with van der Waals surface area (Å²) >= 11 is 1.94. The highest BCUT2D eigenvalue weighted by Gasteiger charge is 2.53. The zero-order chi connectivity index (χ0) is 26.9. The maximum absolute atomic E-state index is 16.6. The molecule has 2 unspecified atom stereocenters. The third-order valence-electron chi connectivity index (χ3n) is 7.58. The van der Waals surface area contributed by atoms with Gasteiger partial charge in [0, 0.05) is 23.7 Å². The van der Waals surface area contributed by atoms with E-state index in [-0.39, 0.29) is 17.3 Å². The lowest BCUT2D eigenvalue weighted by molar-refractivity contribution is 0.410. The number of hydrogen-bond donors (Lipinski definition) is 3. The molecule has 1 aliphatic rings. The van der Waals surface area contributed by atoms with E-state index >= 15 is 4.39 Å². The largest absolute Gasteiger partial charge is 0.598 e. The minimum absolute atomic E-state index is 0.00459. The fraction of sp³-hybridized carbons (Fsp3) is 0.750. The van der Waals surface area contributed by atoms with E-state index in [1.54, 1.807) is 13.8 Å². The summed E-state index contributed by atoms with van der Waals surface area (Å²) in [7, 11) is -4.88. The van der Waals surface area contributed by atoms with Crippen LogP contribution in [0.1, 0.15) is 73.9 Å². The van der Waals surface area contributed by atoms with Gasteiger partial charge in [-0.3, -0.25) is 4.72 Å². The maximum Gasteiger partial charge on any atom is 0.146 e. The van der Waals surface area contributed by atoms with Gasteiger partial charge >= 0.3 is 0 Å². The monoisotopic (exact) mass is 608 g/mol. The molecule has 1 aliphatic heterocycles. The number of nitrogens with zero attached hydrogens (tertiary/aromatic N) is 2. The first-order valence-electron chi connectivity index (χ1n) is 12.3. The molecule has 0 aliphatic carbocycles. The first-order valence-corrected chi connectivity index (χ1v) is 18.6. The van der Waals surface area contributed by atoms with Crippen LogP contribution in [-0.2, 0) is 16.9 Å². The topological polar surface area (TPSA) is 104 Å². The Morgan fingerprint density at radius 2 is 1.91 bits per heavy atom. The fourth-order valence-corrected chi connectivity index (χ4v) is 13.0. The third-order valence-corrected chi connectivity index (χ3v) is 18.8. The van der Waals surface area contributed by atoms with Crippen LogP contribution in [0.25, 0.3) is 0 Å². The predicted molar refractivity (Wildman–Crippen MR) is 153 cm³/mol. The lowest BCUT2D eigenvalue weighted by atomic mass is 10.0. The van der Waals surface area contributed by atoms with E-state index in [9.17, 15) is 14.4 Å². The molecule has 2 rings (SSSR count). The Labute approximate surface area is 225 Å². The zero-order valence-electron chi connectivity index (χ0n) is 22.3. The van der Waals surface area contributed by atoms with Crippen molar-refractivity contribution in [2.24, 2.45) is 0 Å². The number of halogens is 2. The third kappa shape index (κ3) is 6.11. The summed E-state index contributed by atoms with van der Waals surface area (Å²) in [5.41, 5.74) is -1.15. The van der Waals surface area contributed by atoms with Crippen LogP contribution in [0, 0.1) is 17.1 Å². The van der Waals surface area contributed by atoms with Crippen LogP contribution in [0.4, 0.5) is 4.39 Å². The van der Waals surface area contributed by atoms with Crippen molar-refractivity contribution in [1.29, 1.82) is 5.26 Å². The summed E-state index contributed by atoms with van der Waals surface area (Å²) in [5.74, 6) is -0.381. The van der Waals surface area contributed by atoms with E-state index in [1.165, 1.54) is 0 Å². The number of pyridine rings is 1. The molecule has 35 heavy (non-hydrogen) atoms. The van der Waals surface area contributed by atoms with Crippen molar-refractivity contribution in [2.45, 2.75) is 101 Å². The molecule has 0 saturated carbocycles. The Morgan fingerprint density at radius 1 is 1.34 bits per heavy atom. The van der Waals surface area contributed by atoms with Crippen LogP contribution < -0.4 is 14.6 Å². The van der Waals surface area contributed by atoms with Gasteiger partial charge in [0.25, 0.3) is 0 Å². The summed E-state index contributed by atoms with van der Waals surface area (Å²) in [5, 5.41) is 10.7. The lowest BCUT2D eigenvalue weighted by Crippen LogP contribution is -2.58. The molecule has 2 heterocycles. The quantitative estimate of drug-likeness (QED) is 0.185. The van der Waals surface area contributed by atoms with Crippen LogP contribution in [0.15, 0.2) is 10.7 Å². The molecule has 0 amide bonds. The molecule has 11 heteroatoms. The van der Waals surface area contributed by atoms with Gasteiger partial charge in [-0.05, 0) is 74.6 Å². The molecule has 200 valence electrons. The number of aromatic nitrogens is 1. The second-order valence-electron chi connectivity index (χ2n) is 11.0. The van der Waals surface area contributed by atoms with E-state index in [0.29, 0.717) is 22.8 Å². The molecule has 0 bridgehead atoms. The molecule has 0 spiro atoms. The summed E-state index contributed by atoms with van der Waals surface area (Å²) in [4.78, 5) is 4.59. The highest BCUT2D eigenvalue weighted by atomic mass is 79.9. The van der Waals surface area contributed by atoms with Gasteiger partial charge in [0.05, 0.1) is 14.1 Å². The second kappa shape index (κ2) is 11.3. The lowest BCUT2D eigenvalue weighted by Gasteiger charge is -2.52. The van der Waals surface area contributed by atoms with Crippen molar-refractivity contribution in [3.63, 3.8) is 0 Å². The van der Waals surface area contributed by atoms with Gasteiger partial charge in [0.15, 0.2) is 0 Å². The molecule has 0 radical (unpaired) electrons. The molecule has 1 aromatic heterocycles. The van der Waals surface area contributed by atoms with Crippen LogP contribution in [-0.4, -0.2) is 44.0 Å². The molecular weight excluding hydrogens is 567 g/mol. The summed E-state index contributed by atoms with van der Waals surface area (Å²) in [6.45, 7) is 16.0. The number of nitrogens with one attached hydrogen (secondary N) is 2. The van der Waals surface area contributed by atoms with E-state index in [0.717, 1.165) is 24.6 Å². The summed E-state index contributed by atoms with van der Waals surface area (Å²) in [6.07, 6.45) is 1.31. The van der Waals surface area contributed by atoms with E-state index in [2.05, 4.69) is 57.2 Å². The number of hydrogen-bond acceptors (Lipinski definition) is 6. The van der Waals surface area contributed by atoms with Gasteiger partial charge in [-0.25, -0.2) is 9.37 Å². The molecule has 1 fully saturated rings. The highest BCUT2D eigenvalue weighted by Crippen LogP contribution is 2.59. The summed E-state index contributed by atoms with van der Waals surface area (Å²) in [6, 6.07) is 6.82. The minimum atomic E-state index is -2.74. The Bertz CT molecular complexity index is 950. The fourth-order valence-electron chi connectivity index (χ4n) is 4.83. The molecule has 6 nitrogen and oxygen atoms in total. The van der Waals surface area contributed by atoms with Crippen LogP contribution in [0.5, 0.6) is 0 Å². The Balaban J connectivity index is 2.79. The van der Waals surface area contributed by atoms with Crippen molar-refractivity contribution < 1.29 is 13.5 Å². The van der Waals surface area contributed by atoms with Crippen molar-refractivity contribution in [2.75, 3.05) is 12.3 Å². The van der Waals surface area contributed by atoms with Gasteiger partial charge in [0.1, 0.15) is 31.1 Å². The van der Waals surface area contributed by atoms with E-state index in [1.807, 2.05) is 26.8 Å². The molecule has 1 aromatic rings. The minimum Gasteiger partial charge on any atom is -0.598 e. The summed E-state index contributed by atoms with van der Waals surface area (Å²) < 4.78 is 47.1. The van der Waals surface area contributed by atoms with E-state index in [4.69, 9.17) is 0 Å². The molecule has 0 aromatic carbocycles.